The van der Waals surface area contributed by atoms with E-state index in [9.17, 15) is 14.4 Å². The largest absolute Gasteiger partial charge is 0.462 e. The second-order valence-corrected chi connectivity index (χ2v) is 3.58. The zero-order chi connectivity index (χ0) is 12.8. The standard InChI is InChI=1S/C11H14O6/c1-3-9(12)15-5-4-10(13)17-8-6-7(2)16-11(8)14/h3,7-8H,1,4-6H2,2H3. The molecule has 94 valence electrons. The molecule has 0 aromatic carbocycles. The lowest BCUT2D eigenvalue weighted by Gasteiger charge is -2.07. The average Bonchev–Trinajstić information content (AvgIpc) is 2.57. The SMILES string of the molecule is C=CC(=O)OCCC(=O)OC1CC(C)OC1=O. The molecule has 0 spiro atoms. The lowest BCUT2D eigenvalue weighted by Crippen LogP contribution is -2.23. The van der Waals surface area contributed by atoms with Gasteiger partial charge in [-0.15, -0.1) is 0 Å². The molecule has 0 saturated carbocycles. The van der Waals surface area contributed by atoms with E-state index in [0.29, 0.717) is 6.42 Å². The van der Waals surface area contributed by atoms with Gasteiger partial charge in [-0.25, -0.2) is 9.59 Å². The van der Waals surface area contributed by atoms with Gasteiger partial charge in [-0.05, 0) is 6.92 Å². The van der Waals surface area contributed by atoms with Crippen molar-refractivity contribution in [3.8, 4) is 0 Å². The van der Waals surface area contributed by atoms with Crippen LogP contribution in [0.2, 0.25) is 0 Å². The molecule has 1 rings (SSSR count). The van der Waals surface area contributed by atoms with Gasteiger partial charge in [0.25, 0.3) is 0 Å². The maximum Gasteiger partial charge on any atom is 0.347 e. The first kappa shape index (κ1) is 13.2. The average molecular weight is 242 g/mol. The number of carbonyl (C=O) groups is 3. The Labute approximate surface area is 98.5 Å². The Morgan fingerprint density at radius 3 is 2.82 bits per heavy atom. The highest BCUT2D eigenvalue weighted by molar-refractivity contribution is 5.82. The minimum atomic E-state index is -0.840. The third-order valence-electron chi connectivity index (χ3n) is 2.12. The van der Waals surface area contributed by atoms with Crippen molar-refractivity contribution in [1.82, 2.24) is 0 Å². The van der Waals surface area contributed by atoms with Crippen LogP contribution in [0, 0.1) is 0 Å². The molecular weight excluding hydrogens is 228 g/mol. The molecule has 0 aliphatic carbocycles. The van der Waals surface area contributed by atoms with Crippen molar-refractivity contribution in [2.24, 2.45) is 0 Å². The van der Waals surface area contributed by atoms with Crippen LogP contribution in [0.3, 0.4) is 0 Å². The van der Waals surface area contributed by atoms with Crippen LogP contribution in [0.4, 0.5) is 0 Å². The Hall–Kier alpha value is -1.85. The number of ether oxygens (including phenoxy) is 3. The van der Waals surface area contributed by atoms with Gasteiger partial charge in [0.2, 0.25) is 6.10 Å². The number of carbonyl (C=O) groups excluding carboxylic acids is 3. The topological polar surface area (TPSA) is 78.9 Å². The first-order valence-corrected chi connectivity index (χ1v) is 5.22. The highest BCUT2D eigenvalue weighted by Crippen LogP contribution is 2.17. The summed E-state index contributed by atoms with van der Waals surface area (Å²) >= 11 is 0. The Bertz CT molecular complexity index is 335. The molecule has 1 saturated heterocycles. The van der Waals surface area contributed by atoms with E-state index in [1.54, 1.807) is 6.92 Å². The van der Waals surface area contributed by atoms with E-state index in [1.807, 2.05) is 0 Å². The number of hydrogen-bond acceptors (Lipinski definition) is 6. The van der Waals surface area contributed by atoms with Crippen molar-refractivity contribution in [3.05, 3.63) is 12.7 Å². The Morgan fingerprint density at radius 1 is 1.59 bits per heavy atom. The van der Waals surface area contributed by atoms with Crippen LogP contribution >= 0.6 is 0 Å². The summed E-state index contributed by atoms with van der Waals surface area (Å²) in [5.74, 6) is -1.74. The molecule has 6 heteroatoms. The van der Waals surface area contributed by atoms with Crippen LogP contribution in [-0.2, 0) is 28.6 Å². The molecule has 0 aromatic heterocycles. The maximum atomic E-state index is 11.3. The van der Waals surface area contributed by atoms with E-state index in [0.717, 1.165) is 6.08 Å². The number of rotatable bonds is 5. The van der Waals surface area contributed by atoms with Crippen molar-refractivity contribution in [1.29, 1.82) is 0 Å². The normalized spacial score (nSPS) is 22.8. The van der Waals surface area contributed by atoms with Gasteiger partial charge in [0, 0.05) is 12.5 Å². The molecule has 0 aromatic rings. The van der Waals surface area contributed by atoms with Gasteiger partial charge in [-0.2, -0.15) is 0 Å². The number of cyclic esters (lactones) is 1. The van der Waals surface area contributed by atoms with Gasteiger partial charge in [-0.1, -0.05) is 6.58 Å². The monoisotopic (exact) mass is 242 g/mol. The van der Waals surface area contributed by atoms with Crippen molar-refractivity contribution in [3.63, 3.8) is 0 Å². The second kappa shape index (κ2) is 6.03. The third-order valence-corrected chi connectivity index (χ3v) is 2.12. The lowest BCUT2D eigenvalue weighted by molar-refractivity contribution is -0.162. The molecule has 1 fully saturated rings. The number of esters is 3. The van der Waals surface area contributed by atoms with Crippen molar-refractivity contribution >= 4 is 17.9 Å². The van der Waals surface area contributed by atoms with Crippen LogP contribution < -0.4 is 0 Å². The zero-order valence-corrected chi connectivity index (χ0v) is 9.51. The minimum Gasteiger partial charge on any atom is -0.462 e. The summed E-state index contributed by atoms with van der Waals surface area (Å²) in [5, 5.41) is 0. The van der Waals surface area contributed by atoms with Crippen LogP contribution in [0.15, 0.2) is 12.7 Å². The second-order valence-electron chi connectivity index (χ2n) is 3.58. The van der Waals surface area contributed by atoms with Crippen molar-refractivity contribution in [2.75, 3.05) is 6.61 Å². The number of hydrogen-bond donors (Lipinski definition) is 0. The smallest absolute Gasteiger partial charge is 0.347 e. The fraction of sp³-hybridized carbons (Fsp3) is 0.545. The highest BCUT2D eigenvalue weighted by atomic mass is 16.6. The van der Waals surface area contributed by atoms with E-state index in [1.165, 1.54) is 0 Å². The van der Waals surface area contributed by atoms with E-state index in [-0.39, 0.29) is 19.1 Å². The highest BCUT2D eigenvalue weighted by Gasteiger charge is 2.34. The first-order valence-electron chi connectivity index (χ1n) is 5.22. The summed E-state index contributed by atoms with van der Waals surface area (Å²) in [6.07, 6.45) is 0.183. The Morgan fingerprint density at radius 2 is 2.29 bits per heavy atom. The molecule has 0 bridgehead atoms. The summed E-state index contributed by atoms with van der Waals surface area (Å²) in [6, 6.07) is 0. The van der Waals surface area contributed by atoms with Gasteiger partial charge in [0.1, 0.15) is 12.7 Å². The maximum absolute atomic E-state index is 11.3. The molecular formula is C11H14O6. The quantitative estimate of drug-likeness (QED) is 0.393. The van der Waals surface area contributed by atoms with Crippen LogP contribution in [0.25, 0.3) is 0 Å². The summed E-state index contributed by atoms with van der Waals surface area (Å²) in [7, 11) is 0. The Kier molecular flexibility index (Phi) is 4.68. The van der Waals surface area contributed by atoms with Crippen LogP contribution in [-0.4, -0.2) is 36.7 Å². The summed E-state index contributed by atoms with van der Waals surface area (Å²) in [4.78, 5) is 33.1. The van der Waals surface area contributed by atoms with E-state index >= 15 is 0 Å². The summed E-state index contributed by atoms with van der Waals surface area (Å²) < 4.78 is 14.3. The first-order chi connectivity index (χ1) is 8.02. The molecule has 1 aliphatic rings. The molecule has 2 unspecified atom stereocenters. The minimum absolute atomic E-state index is 0.0962. The van der Waals surface area contributed by atoms with Crippen LogP contribution in [0.5, 0.6) is 0 Å². The fourth-order valence-electron chi connectivity index (χ4n) is 1.33. The van der Waals surface area contributed by atoms with Gasteiger partial charge in [0.15, 0.2) is 0 Å². The molecule has 2 atom stereocenters. The molecule has 17 heavy (non-hydrogen) atoms. The molecule has 1 aliphatic heterocycles. The predicted molar refractivity (Wildman–Crippen MR) is 55.8 cm³/mol. The zero-order valence-electron chi connectivity index (χ0n) is 9.51. The predicted octanol–water partition coefficient (Wildman–Crippen LogP) is 0.353. The van der Waals surface area contributed by atoms with Gasteiger partial charge >= 0.3 is 17.9 Å². The Balaban J connectivity index is 2.23. The summed E-state index contributed by atoms with van der Waals surface area (Å²) in [6.45, 7) is 4.83. The molecule has 1 heterocycles. The summed E-state index contributed by atoms with van der Waals surface area (Å²) in [5.41, 5.74) is 0. The lowest BCUT2D eigenvalue weighted by atomic mass is 10.2. The molecule has 0 radical (unpaired) electrons. The van der Waals surface area contributed by atoms with E-state index in [4.69, 9.17) is 9.47 Å². The van der Waals surface area contributed by atoms with Crippen molar-refractivity contribution in [2.45, 2.75) is 32.0 Å². The van der Waals surface area contributed by atoms with Crippen LogP contribution in [0.1, 0.15) is 19.8 Å². The van der Waals surface area contributed by atoms with Gasteiger partial charge < -0.3 is 14.2 Å². The third kappa shape index (κ3) is 4.26. The molecule has 0 amide bonds. The molecule has 0 N–H and O–H groups in total. The van der Waals surface area contributed by atoms with E-state index in [2.05, 4.69) is 11.3 Å². The fourth-order valence-corrected chi connectivity index (χ4v) is 1.33. The van der Waals surface area contributed by atoms with E-state index < -0.39 is 24.0 Å². The van der Waals surface area contributed by atoms with Crippen molar-refractivity contribution < 1.29 is 28.6 Å². The van der Waals surface area contributed by atoms with Gasteiger partial charge in [0.05, 0.1) is 6.42 Å². The molecule has 6 nitrogen and oxygen atoms in total. The van der Waals surface area contributed by atoms with Gasteiger partial charge in [-0.3, -0.25) is 4.79 Å².